The monoisotopic (exact) mass is 634 g/mol. The number of ether oxygens (including phenoxy) is 2. The summed E-state index contributed by atoms with van der Waals surface area (Å²) in [5.41, 5.74) is -3.03. The third-order valence-electron chi connectivity index (χ3n) is 7.18. The second-order valence-electron chi connectivity index (χ2n) is 10.1. The summed E-state index contributed by atoms with van der Waals surface area (Å²) in [6.07, 6.45) is -14.3. The highest BCUT2D eigenvalue weighted by Gasteiger charge is 2.55. The molecule has 18 nitrogen and oxygen atoms in total. The Morgan fingerprint density at radius 2 is 1.11 bits per heavy atom. The first-order chi connectivity index (χ1) is 20.8. The zero-order valence-corrected chi connectivity index (χ0v) is 24.1. The number of aliphatic hydroxyl groups excluding tert-OH is 12. The molecule has 0 aliphatic rings. The van der Waals surface area contributed by atoms with Gasteiger partial charge in [-0.05, 0) is 0 Å². The fraction of sp³-hybridized carbons (Fsp3) is 0.692. The van der Waals surface area contributed by atoms with Gasteiger partial charge in [-0.1, -0.05) is 0 Å². The normalized spacial score (nSPS) is 20.4. The van der Waals surface area contributed by atoms with Crippen LogP contribution in [0.3, 0.4) is 0 Å². The van der Waals surface area contributed by atoms with Crippen molar-refractivity contribution in [3.8, 4) is 0 Å². The molecular weight excluding hydrogens is 592 g/mol. The van der Waals surface area contributed by atoms with Gasteiger partial charge in [-0.15, -0.1) is 0 Å². The first-order valence-electron chi connectivity index (χ1n) is 13.5. The average molecular weight is 635 g/mol. The van der Waals surface area contributed by atoms with E-state index in [0.717, 1.165) is 32.8 Å². The molecule has 2 aromatic heterocycles. The second-order valence-corrected chi connectivity index (χ2v) is 10.1. The van der Waals surface area contributed by atoms with Crippen molar-refractivity contribution in [3.63, 3.8) is 0 Å². The molecule has 2 aromatic rings. The van der Waals surface area contributed by atoms with Crippen molar-refractivity contribution in [2.24, 2.45) is 0 Å². The van der Waals surface area contributed by atoms with E-state index in [4.69, 9.17) is 19.7 Å². The Kier molecular flexibility index (Phi) is 14.9. The fourth-order valence-electron chi connectivity index (χ4n) is 4.56. The van der Waals surface area contributed by atoms with Crippen LogP contribution < -0.4 is 0 Å². The molecule has 44 heavy (non-hydrogen) atoms. The molecule has 11 atom stereocenters. The molecule has 250 valence electrons. The summed E-state index contributed by atoms with van der Waals surface area (Å²) in [7, 11) is 2.11. The van der Waals surface area contributed by atoms with Crippen molar-refractivity contribution in [1.29, 1.82) is 0 Å². The minimum absolute atomic E-state index is 0.0350. The van der Waals surface area contributed by atoms with E-state index >= 15 is 0 Å². The van der Waals surface area contributed by atoms with Crippen LogP contribution in [0.4, 0.5) is 0 Å². The Morgan fingerprint density at radius 1 is 0.614 bits per heavy atom. The number of hydrogen-bond acceptors (Lipinski definition) is 18. The van der Waals surface area contributed by atoms with E-state index in [9.17, 15) is 51.1 Å². The minimum atomic E-state index is -2.59. The van der Waals surface area contributed by atoms with Crippen molar-refractivity contribution in [2.45, 2.75) is 79.5 Å². The lowest BCUT2D eigenvalue weighted by Crippen LogP contribution is -2.62. The summed E-state index contributed by atoms with van der Waals surface area (Å²) in [6.45, 7) is -2.51. The number of methoxy groups -OCH3 is 2. The predicted octanol–water partition coefficient (Wildman–Crippen LogP) is -6.19. The van der Waals surface area contributed by atoms with Crippen LogP contribution in [0.2, 0.25) is 0 Å². The van der Waals surface area contributed by atoms with E-state index < -0.39 is 92.2 Å². The summed E-state index contributed by atoms with van der Waals surface area (Å²) >= 11 is 0. The van der Waals surface area contributed by atoms with E-state index in [1.165, 1.54) is 6.20 Å². The molecule has 0 saturated carbocycles. The minimum Gasteiger partial charge on any atom is -0.394 e. The summed E-state index contributed by atoms with van der Waals surface area (Å²) in [4.78, 5) is 16.3. The van der Waals surface area contributed by atoms with Crippen LogP contribution in [0.25, 0.3) is 0 Å². The Balaban J connectivity index is 2.51. The Labute approximate surface area is 252 Å². The van der Waals surface area contributed by atoms with Gasteiger partial charge in [0.25, 0.3) is 0 Å². The molecular formula is C26H42N4O14. The first-order valence-corrected chi connectivity index (χ1v) is 13.5. The first kappa shape index (κ1) is 37.8. The zero-order chi connectivity index (χ0) is 33.2. The summed E-state index contributed by atoms with van der Waals surface area (Å²) < 4.78 is 10.8. The lowest BCUT2D eigenvalue weighted by atomic mass is 9.79. The van der Waals surface area contributed by atoms with Gasteiger partial charge in [-0.25, -0.2) is 0 Å². The van der Waals surface area contributed by atoms with Crippen LogP contribution in [0.1, 0.15) is 28.9 Å². The van der Waals surface area contributed by atoms with E-state index in [1.807, 2.05) is 0 Å². The van der Waals surface area contributed by atoms with Gasteiger partial charge in [-0.3, -0.25) is 19.9 Å². The maximum Gasteiger partial charge on any atom is 0.168 e. The van der Waals surface area contributed by atoms with Crippen molar-refractivity contribution in [1.82, 2.24) is 19.9 Å². The number of hydrogen-bond donors (Lipinski definition) is 12. The molecule has 12 N–H and O–H groups in total. The Hall–Kier alpha value is -2.40. The molecule has 0 aliphatic heterocycles. The van der Waals surface area contributed by atoms with Crippen LogP contribution in [0, 0.1) is 0 Å². The lowest BCUT2D eigenvalue weighted by molar-refractivity contribution is -0.242. The van der Waals surface area contributed by atoms with Crippen molar-refractivity contribution in [2.75, 3.05) is 34.0 Å². The van der Waals surface area contributed by atoms with Gasteiger partial charge in [-0.2, -0.15) is 0 Å². The topological polar surface area (TPSA) is 313 Å². The molecule has 4 unspecified atom stereocenters. The zero-order valence-electron chi connectivity index (χ0n) is 24.1. The highest BCUT2D eigenvalue weighted by Crippen LogP contribution is 2.37. The third kappa shape index (κ3) is 8.65. The molecule has 0 bridgehead atoms. The quantitative estimate of drug-likeness (QED) is 0.0683. The van der Waals surface area contributed by atoms with Gasteiger partial charge in [0.1, 0.15) is 48.8 Å². The summed E-state index contributed by atoms with van der Waals surface area (Å²) in [5, 5.41) is 122. The number of nitrogens with zero attached hydrogens (tertiary/aromatic N) is 4. The number of aromatic nitrogens is 4. The Bertz CT molecular complexity index is 1140. The molecule has 2 heterocycles. The smallest absolute Gasteiger partial charge is 0.168 e. The van der Waals surface area contributed by atoms with Gasteiger partial charge < -0.3 is 70.8 Å². The highest BCUT2D eigenvalue weighted by molar-refractivity contribution is 5.21. The highest BCUT2D eigenvalue weighted by atomic mass is 16.5. The summed E-state index contributed by atoms with van der Waals surface area (Å²) in [6, 6.07) is 0. The molecule has 2 rings (SSSR count). The average Bonchev–Trinajstić information content (AvgIpc) is 3.04. The standard InChI is InChI=1S/C26H42N4O14/c1-43-23(14-7-27-5-12(29-14)3-15(34)17(36)9-31)21(39)22(40)25(42)26(44-2,24(41)19(38)11-33)20-8-28-6-13(30-20)4-16(35)18(37)10-32/h5-8,15-19,21-25,31-42H,3-4,9-11H2,1-2H3/t15-,16+,17+,18+,19?,21+,22+,23-,24?,25?,26?/m0/s1. The predicted molar refractivity (Wildman–Crippen MR) is 145 cm³/mol. The van der Waals surface area contributed by atoms with Gasteiger partial charge in [0, 0.05) is 39.5 Å². The van der Waals surface area contributed by atoms with Gasteiger partial charge in [0.2, 0.25) is 0 Å². The van der Waals surface area contributed by atoms with Crippen LogP contribution in [-0.4, -0.2) is 170 Å². The number of rotatable bonds is 19. The van der Waals surface area contributed by atoms with Crippen LogP contribution in [-0.2, 0) is 27.9 Å². The molecule has 0 fully saturated rings. The second kappa shape index (κ2) is 17.3. The summed E-state index contributed by atoms with van der Waals surface area (Å²) in [5.74, 6) is 0. The van der Waals surface area contributed by atoms with E-state index in [2.05, 4.69) is 19.9 Å². The molecule has 0 aliphatic carbocycles. The van der Waals surface area contributed by atoms with E-state index in [1.54, 1.807) is 0 Å². The Morgan fingerprint density at radius 3 is 1.59 bits per heavy atom. The van der Waals surface area contributed by atoms with Crippen LogP contribution >= 0.6 is 0 Å². The molecule has 0 amide bonds. The fourth-order valence-corrected chi connectivity index (χ4v) is 4.56. The third-order valence-corrected chi connectivity index (χ3v) is 7.18. The molecule has 0 aromatic carbocycles. The van der Waals surface area contributed by atoms with E-state index in [-0.39, 0.29) is 29.9 Å². The van der Waals surface area contributed by atoms with E-state index in [0.29, 0.717) is 0 Å². The molecule has 0 spiro atoms. The van der Waals surface area contributed by atoms with Gasteiger partial charge in [0.05, 0.1) is 67.2 Å². The van der Waals surface area contributed by atoms with Crippen LogP contribution in [0.15, 0.2) is 24.8 Å². The van der Waals surface area contributed by atoms with Crippen molar-refractivity contribution in [3.05, 3.63) is 47.6 Å². The maximum absolute atomic E-state index is 11.5. The SMILES string of the molecule is CO[C@@H](c1cncc(C[C@H](O)[C@H](O)CO)n1)[C@H](O)[C@@H](O)C(O)C(OC)(c1cncc(C[C@@H](O)[C@H](O)CO)n1)C(O)C(O)CO. The molecule has 18 heteroatoms. The molecule has 0 radical (unpaired) electrons. The van der Waals surface area contributed by atoms with Crippen molar-refractivity contribution >= 4 is 0 Å². The maximum atomic E-state index is 11.5. The van der Waals surface area contributed by atoms with Gasteiger partial charge >= 0.3 is 0 Å². The van der Waals surface area contributed by atoms with Crippen LogP contribution in [0.5, 0.6) is 0 Å². The lowest BCUT2D eigenvalue weighted by Gasteiger charge is -2.44. The number of aliphatic hydroxyl groups is 12. The molecule has 0 saturated heterocycles. The van der Waals surface area contributed by atoms with Crippen molar-refractivity contribution < 1.29 is 70.8 Å². The van der Waals surface area contributed by atoms with Gasteiger partial charge in [0.15, 0.2) is 5.60 Å². The largest absolute Gasteiger partial charge is 0.394 e.